The molecule has 0 N–H and O–H groups in total. The zero-order valence-electron chi connectivity index (χ0n) is 20.7. The minimum absolute atomic E-state index is 0.000957. The second kappa shape index (κ2) is 12.8. The topological polar surface area (TPSA) is 49.9 Å². The van der Waals surface area contributed by atoms with Crippen molar-refractivity contribution >= 4 is 23.2 Å². The third kappa shape index (κ3) is 7.73. The Kier molecular flexibility index (Phi) is 9.25. The highest BCUT2D eigenvalue weighted by Gasteiger charge is 2.26. The summed E-state index contributed by atoms with van der Waals surface area (Å²) in [5.74, 6) is -0.481. The molecule has 1 fully saturated rings. The van der Waals surface area contributed by atoms with E-state index < -0.39 is 0 Å². The summed E-state index contributed by atoms with van der Waals surface area (Å²) in [6.45, 7) is 3.94. The normalized spacial score (nSPS) is 15.1. The second-order valence-electron chi connectivity index (χ2n) is 9.28. The Hall–Kier alpha value is -3.03. The Morgan fingerprint density at radius 2 is 1.72 bits per heavy atom. The quantitative estimate of drug-likeness (QED) is 0.350. The fraction of sp³-hybridized carbons (Fsp3) is 0.379. The fourth-order valence-electron chi connectivity index (χ4n) is 4.41. The first-order valence-corrected chi connectivity index (χ1v) is 13.3. The molecule has 0 spiro atoms. The first-order chi connectivity index (χ1) is 17.5. The van der Waals surface area contributed by atoms with Gasteiger partial charge in [-0.1, -0.05) is 42.5 Å². The van der Waals surface area contributed by atoms with Gasteiger partial charge in [-0.15, -0.1) is 11.3 Å². The molecule has 7 heteroatoms. The molecule has 0 bridgehead atoms. The number of ether oxygens (including phenoxy) is 1. The molecule has 0 radical (unpaired) electrons. The zero-order valence-corrected chi connectivity index (χ0v) is 21.5. The van der Waals surface area contributed by atoms with Gasteiger partial charge in [0.15, 0.2) is 0 Å². The average Bonchev–Trinajstić information content (AvgIpc) is 3.55. The lowest BCUT2D eigenvalue weighted by atomic mass is 10.1. The average molecular weight is 509 g/mol. The minimum atomic E-state index is -0.308. The summed E-state index contributed by atoms with van der Waals surface area (Å²) >= 11 is 1.65. The van der Waals surface area contributed by atoms with E-state index >= 15 is 0 Å². The monoisotopic (exact) mass is 508 g/mol. The highest BCUT2D eigenvalue weighted by Crippen LogP contribution is 2.20. The Labute approximate surface area is 216 Å². The van der Waals surface area contributed by atoms with E-state index in [9.17, 15) is 14.0 Å². The Morgan fingerprint density at radius 1 is 0.944 bits per heavy atom. The van der Waals surface area contributed by atoms with Crippen LogP contribution in [0.25, 0.3) is 0 Å². The van der Waals surface area contributed by atoms with Crippen LogP contribution in [-0.4, -0.2) is 47.4 Å². The van der Waals surface area contributed by atoms with Crippen LogP contribution in [0, 0.1) is 12.7 Å². The van der Waals surface area contributed by atoms with E-state index in [2.05, 4.69) is 0 Å². The summed E-state index contributed by atoms with van der Waals surface area (Å²) in [5, 5.41) is 0. The van der Waals surface area contributed by atoms with Gasteiger partial charge in [0.25, 0.3) is 0 Å². The molecule has 1 aliphatic rings. The van der Waals surface area contributed by atoms with Crippen LogP contribution >= 0.6 is 11.3 Å². The van der Waals surface area contributed by atoms with Crippen LogP contribution in [-0.2, 0) is 33.8 Å². The maximum Gasteiger partial charge on any atom is 0.242 e. The first kappa shape index (κ1) is 26.0. The molecule has 2 heterocycles. The van der Waals surface area contributed by atoms with Crippen molar-refractivity contribution in [2.24, 2.45) is 0 Å². The van der Waals surface area contributed by atoms with Crippen molar-refractivity contribution in [3.05, 3.63) is 93.4 Å². The van der Waals surface area contributed by atoms with Gasteiger partial charge in [0, 0.05) is 35.9 Å². The van der Waals surface area contributed by atoms with Gasteiger partial charge in [-0.2, -0.15) is 0 Å². The van der Waals surface area contributed by atoms with E-state index in [1.54, 1.807) is 33.3 Å². The molecule has 1 atom stereocenters. The van der Waals surface area contributed by atoms with Crippen molar-refractivity contribution in [1.29, 1.82) is 0 Å². The molecule has 36 heavy (non-hydrogen) atoms. The fourth-order valence-corrected chi connectivity index (χ4v) is 5.31. The molecule has 5 nitrogen and oxygen atoms in total. The van der Waals surface area contributed by atoms with E-state index in [-0.39, 0.29) is 30.3 Å². The van der Waals surface area contributed by atoms with Gasteiger partial charge in [-0.05, 0) is 61.6 Å². The van der Waals surface area contributed by atoms with Crippen LogP contribution in [0.4, 0.5) is 4.39 Å². The van der Waals surface area contributed by atoms with E-state index in [1.165, 1.54) is 17.0 Å². The van der Waals surface area contributed by atoms with Gasteiger partial charge < -0.3 is 14.5 Å². The van der Waals surface area contributed by atoms with Gasteiger partial charge in [0.05, 0.1) is 19.2 Å². The van der Waals surface area contributed by atoms with E-state index in [0.29, 0.717) is 39.1 Å². The van der Waals surface area contributed by atoms with Crippen molar-refractivity contribution in [3.8, 4) is 0 Å². The van der Waals surface area contributed by atoms with Crippen molar-refractivity contribution in [3.63, 3.8) is 0 Å². The van der Waals surface area contributed by atoms with Gasteiger partial charge in [0.1, 0.15) is 5.82 Å². The molecule has 1 saturated heterocycles. The molecule has 0 unspecified atom stereocenters. The molecule has 3 aromatic rings. The maximum atomic E-state index is 13.6. The van der Waals surface area contributed by atoms with Crippen molar-refractivity contribution in [1.82, 2.24) is 9.80 Å². The van der Waals surface area contributed by atoms with Crippen LogP contribution in [0.5, 0.6) is 0 Å². The zero-order chi connectivity index (χ0) is 25.3. The van der Waals surface area contributed by atoms with E-state index in [1.807, 2.05) is 49.4 Å². The molecule has 2 amide bonds. The lowest BCUT2D eigenvalue weighted by Gasteiger charge is -2.29. The maximum absolute atomic E-state index is 13.6. The molecule has 0 aliphatic carbocycles. The number of carbonyl (C=O) groups is 2. The van der Waals surface area contributed by atoms with Crippen LogP contribution in [0.1, 0.15) is 40.1 Å². The largest absolute Gasteiger partial charge is 0.376 e. The highest BCUT2D eigenvalue weighted by molar-refractivity contribution is 7.11. The number of amides is 2. The van der Waals surface area contributed by atoms with Gasteiger partial charge in [-0.25, -0.2) is 4.39 Å². The molecule has 4 rings (SSSR count). The number of nitrogens with zero attached hydrogens (tertiary/aromatic N) is 2. The van der Waals surface area contributed by atoms with Crippen molar-refractivity contribution in [2.45, 2.75) is 51.8 Å². The number of thiophene rings is 1. The molecular formula is C29H33FN2O3S. The number of rotatable bonds is 11. The summed E-state index contributed by atoms with van der Waals surface area (Å²) in [4.78, 5) is 32.6. The van der Waals surface area contributed by atoms with Crippen LogP contribution in [0.2, 0.25) is 0 Å². The van der Waals surface area contributed by atoms with Crippen LogP contribution in [0.15, 0.2) is 66.7 Å². The second-order valence-corrected chi connectivity index (χ2v) is 10.7. The summed E-state index contributed by atoms with van der Waals surface area (Å²) in [6, 6.07) is 20.2. The number of aryl methyl sites for hydroxylation is 2. The number of hydrogen-bond acceptors (Lipinski definition) is 4. The molecule has 2 aromatic carbocycles. The lowest BCUT2D eigenvalue weighted by molar-refractivity contribution is -0.142. The molecule has 1 aliphatic heterocycles. The summed E-state index contributed by atoms with van der Waals surface area (Å²) in [5.41, 5.74) is 1.94. The van der Waals surface area contributed by atoms with E-state index in [0.717, 1.165) is 28.8 Å². The molecule has 1 aromatic heterocycles. The van der Waals surface area contributed by atoms with Crippen LogP contribution < -0.4 is 0 Å². The van der Waals surface area contributed by atoms with Crippen LogP contribution in [0.3, 0.4) is 0 Å². The summed E-state index contributed by atoms with van der Waals surface area (Å²) in [6.07, 6.45) is 2.79. The van der Waals surface area contributed by atoms with Gasteiger partial charge in [0.2, 0.25) is 11.8 Å². The smallest absolute Gasteiger partial charge is 0.242 e. The Bertz CT molecular complexity index is 1130. The van der Waals surface area contributed by atoms with Gasteiger partial charge in [-0.3, -0.25) is 9.59 Å². The standard InChI is InChI=1S/C29H33FN2O3S/c1-22-9-15-27(36-22)20-31(18-24-10-13-25(30)14-11-24)29(34)21-32(19-26-8-5-17-35-26)28(33)16-12-23-6-3-2-4-7-23/h2-4,6-7,9-11,13-15,26H,5,8,12,16-21H2,1H3/t26-/m1/s1. The minimum Gasteiger partial charge on any atom is -0.376 e. The van der Waals surface area contributed by atoms with Crippen molar-refractivity contribution < 1.29 is 18.7 Å². The molecule has 0 saturated carbocycles. The predicted molar refractivity (Wildman–Crippen MR) is 140 cm³/mol. The number of halogens is 1. The van der Waals surface area contributed by atoms with Crippen molar-refractivity contribution in [2.75, 3.05) is 19.7 Å². The molecular weight excluding hydrogens is 475 g/mol. The Morgan fingerprint density at radius 3 is 2.39 bits per heavy atom. The SMILES string of the molecule is Cc1ccc(CN(Cc2ccc(F)cc2)C(=O)CN(C[C@H]2CCCO2)C(=O)CCc2ccccc2)s1. The number of benzene rings is 2. The van der Waals surface area contributed by atoms with E-state index in [4.69, 9.17) is 4.74 Å². The van der Waals surface area contributed by atoms with Gasteiger partial charge >= 0.3 is 0 Å². The third-order valence-corrected chi connectivity index (χ3v) is 7.36. The number of carbonyl (C=O) groups excluding carboxylic acids is 2. The number of hydrogen-bond donors (Lipinski definition) is 0. The Balaban J connectivity index is 1.48. The predicted octanol–water partition coefficient (Wildman–Crippen LogP) is 5.36. The first-order valence-electron chi connectivity index (χ1n) is 12.5. The third-order valence-electron chi connectivity index (χ3n) is 6.38. The lowest BCUT2D eigenvalue weighted by Crippen LogP contribution is -2.45. The summed E-state index contributed by atoms with van der Waals surface area (Å²) in [7, 11) is 0. The summed E-state index contributed by atoms with van der Waals surface area (Å²) < 4.78 is 19.2. The highest BCUT2D eigenvalue weighted by atomic mass is 32.1. The molecule has 190 valence electrons.